The van der Waals surface area contributed by atoms with Gasteiger partial charge in [0.1, 0.15) is 5.84 Å². The smallest absolute Gasteiger partial charge is 0.224 e. The van der Waals surface area contributed by atoms with E-state index in [0.29, 0.717) is 0 Å². The van der Waals surface area contributed by atoms with Crippen LogP contribution in [0.2, 0.25) is 0 Å². The third-order valence-corrected chi connectivity index (χ3v) is 2.46. The van der Waals surface area contributed by atoms with Gasteiger partial charge in [0.2, 0.25) is 6.17 Å². The summed E-state index contributed by atoms with van der Waals surface area (Å²) in [4.78, 5) is 3.03. The van der Waals surface area contributed by atoms with Crippen molar-refractivity contribution >= 4 is 12.2 Å². The first-order chi connectivity index (χ1) is 10.1. The second kappa shape index (κ2) is 11.7. The van der Waals surface area contributed by atoms with Crippen LogP contribution in [0, 0.1) is 0 Å². The maximum Gasteiger partial charge on any atom is 0.224 e. The van der Waals surface area contributed by atoms with E-state index in [1.807, 2.05) is 83.4 Å². The van der Waals surface area contributed by atoms with Crippen molar-refractivity contribution in [2.75, 3.05) is 21.1 Å². The van der Waals surface area contributed by atoms with Crippen molar-refractivity contribution in [2.45, 2.75) is 26.9 Å². The summed E-state index contributed by atoms with van der Waals surface area (Å²) in [6.07, 6.45) is 13.1. The van der Waals surface area contributed by atoms with Gasteiger partial charge >= 0.3 is 0 Å². The monoisotopic (exact) mass is 291 g/mol. The predicted molar refractivity (Wildman–Crippen MR) is 89.6 cm³/mol. The Labute approximate surface area is 128 Å². The number of azo groups is 1. The Balaban J connectivity index is 0.00000191. The van der Waals surface area contributed by atoms with Gasteiger partial charge in [-0.25, -0.2) is 0 Å². The van der Waals surface area contributed by atoms with Crippen LogP contribution >= 0.6 is 0 Å². The van der Waals surface area contributed by atoms with Gasteiger partial charge in [0.25, 0.3) is 0 Å². The van der Waals surface area contributed by atoms with E-state index in [4.69, 9.17) is 0 Å². The Morgan fingerprint density at radius 2 is 1.95 bits per heavy atom. The molecule has 21 heavy (non-hydrogen) atoms. The molecule has 0 saturated heterocycles. The van der Waals surface area contributed by atoms with Crippen molar-refractivity contribution in [3.63, 3.8) is 0 Å². The second-order valence-corrected chi connectivity index (χ2v) is 4.25. The quantitative estimate of drug-likeness (QED) is 0.365. The Morgan fingerprint density at radius 1 is 1.24 bits per heavy atom. The van der Waals surface area contributed by atoms with Crippen molar-refractivity contribution in [1.82, 2.24) is 4.90 Å². The molecule has 1 rings (SSSR count). The molecular formula is C15H27N6+. The highest BCUT2D eigenvalue weighted by atomic mass is 15.3. The van der Waals surface area contributed by atoms with Crippen LogP contribution in [0.25, 0.3) is 0 Å². The number of allylic oxidation sites excluding steroid dienone is 3. The number of amidine groups is 1. The van der Waals surface area contributed by atoms with Gasteiger partial charge in [0.15, 0.2) is 6.34 Å². The van der Waals surface area contributed by atoms with Gasteiger partial charge in [-0.05, 0) is 25.2 Å². The van der Waals surface area contributed by atoms with Gasteiger partial charge in [-0.1, -0.05) is 26.0 Å². The van der Waals surface area contributed by atoms with Gasteiger partial charge in [-0.15, -0.1) is 20.4 Å². The van der Waals surface area contributed by atoms with Crippen LogP contribution in [0.5, 0.6) is 0 Å². The largest absolute Gasteiger partial charge is 0.361 e. The fourth-order valence-electron chi connectivity index (χ4n) is 1.39. The molecule has 2 atom stereocenters. The average molecular weight is 291 g/mol. The van der Waals surface area contributed by atoms with E-state index >= 15 is 0 Å². The van der Waals surface area contributed by atoms with Crippen LogP contribution in [0.15, 0.2) is 57.0 Å². The average Bonchev–Trinajstić information content (AvgIpc) is 2.49. The van der Waals surface area contributed by atoms with E-state index in [1.54, 1.807) is 0 Å². The summed E-state index contributed by atoms with van der Waals surface area (Å²) in [5, 5.41) is 16.0. The minimum atomic E-state index is 0.00397. The molecule has 6 nitrogen and oxygen atoms in total. The predicted octanol–water partition coefficient (Wildman–Crippen LogP) is 1.87. The molecule has 2 unspecified atom stereocenters. The van der Waals surface area contributed by atoms with Crippen LogP contribution < -0.4 is 4.90 Å². The van der Waals surface area contributed by atoms with Gasteiger partial charge in [-0.3, -0.25) is 4.90 Å². The zero-order valence-corrected chi connectivity index (χ0v) is 13.9. The fraction of sp³-hybridized carbons (Fsp3) is 0.467. The summed E-state index contributed by atoms with van der Waals surface area (Å²) in [6.45, 7) is 5.93. The molecule has 0 radical (unpaired) electrons. The zero-order valence-electron chi connectivity index (χ0n) is 13.9. The topological polar surface area (TPSA) is 57.1 Å². The second-order valence-electron chi connectivity index (χ2n) is 4.25. The third kappa shape index (κ3) is 7.94. The molecule has 0 aromatic rings. The number of rotatable bonds is 4. The Bertz CT molecular complexity index is 443. The molecule has 0 amide bonds. The minimum absolute atomic E-state index is 0.00397. The summed E-state index contributed by atoms with van der Waals surface area (Å²) in [6, 6.07) is 0. The third-order valence-electron chi connectivity index (χ3n) is 2.46. The van der Waals surface area contributed by atoms with Crippen molar-refractivity contribution in [1.29, 1.82) is 0 Å². The normalized spacial score (nSPS) is 22.1. The van der Waals surface area contributed by atoms with Crippen LogP contribution in [-0.4, -0.2) is 44.4 Å². The van der Waals surface area contributed by atoms with E-state index in [9.17, 15) is 0 Å². The molecule has 0 bridgehead atoms. The van der Waals surface area contributed by atoms with Gasteiger partial charge in [0.05, 0.1) is 13.2 Å². The molecule has 0 fully saturated rings. The molecule has 1 aliphatic rings. The highest BCUT2D eigenvalue weighted by molar-refractivity contribution is 5.92. The SMILES string of the molecule is CC.C\C=C/C(=N\N=C\N=NC1C=CC=C[NH+]1C)N(C)C. The molecular weight excluding hydrogens is 264 g/mol. The first-order valence-electron chi connectivity index (χ1n) is 7.13. The highest BCUT2D eigenvalue weighted by Crippen LogP contribution is 1.91. The van der Waals surface area contributed by atoms with Crippen LogP contribution in [-0.2, 0) is 0 Å². The number of quaternary nitrogens is 1. The Morgan fingerprint density at radius 3 is 2.52 bits per heavy atom. The molecule has 1 N–H and O–H groups in total. The molecule has 0 saturated carbocycles. The Kier molecular flexibility index (Phi) is 10.6. The molecule has 0 aromatic carbocycles. The van der Waals surface area contributed by atoms with E-state index < -0.39 is 0 Å². The van der Waals surface area contributed by atoms with Crippen molar-refractivity contribution in [3.05, 3.63) is 36.6 Å². The number of hydrogen-bond acceptors (Lipinski definition) is 3. The maximum absolute atomic E-state index is 4.15. The highest BCUT2D eigenvalue weighted by Gasteiger charge is 2.12. The molecule has 1 aliphatic heterocycles. The van der Waals surface area contributed by atoms with Crippen LogP contribution in [0.1, 0.15) is 20.8 Å². The molecule has 6 heteroatoms. The maximum atomic E-state index is 4.15. The van der Waals surface area contributed by atoms with E-state index in [0.717, 1.165) is 10.7 Å². The lowest BCUT2D eigenvalue weighted by Gasteiger charge is -2.14. The number of likely N-dealkylation sites (N-methyl/N-ethyl adjacent to an activating group) is 2. The zero-order chi connectivity index (χ0) is 16.1. The van der Waals surface area contributed by atoms with Crippen LogP contribution in [0.3, 0.4) is 0 Å². The lowest BCUT2D eigenvalue weighted by Crippen LogP contribution is -3.08. The summed E-state index contributed by atoms with van der Waals surface area (Å²) in [5.74, 6) is 0.761. The van der Waals surface area contributed by atoms with Gasteiger partial charge in [-0.2, -0.15) is 0 Å². The number of nitrogens with zero attached hydrogens (tertiary/aromatic N) is 5. The first-order valence-corrected chi connectivity index (χ1v) is 7.13. The summed E-state index contributed by atoms with van der Waals surface area (Å²) >= 11 is 0. The lowest BCUT2D eigenvalue weighted by molar-refractivity contribution is -0.845. The van der Waals surface area contributed by atoms with Crippen molar-refractivity contribution in [3.8, 4) is 0 Å². The van der Waals surface area contributed by atoms with E-state index in [2.05, 4.69) is 20.4 Å². The molecule has 0 aromatic heterocycles. The summed E-state index contributed by atoms with van der Waals surface area (Å²) in [7, 11) is 5.84. The fourth-order valence-corrected chi connectivity index (χ4v) is 1.39. The first kappa shape index (κ1) is 18.9. The van der Waals surface area contributed by atoms with E-state index in [-0.39, 0.29) is 6.17 Å². The van der Waals surface area contributed by atoms with Gasteiger partial charge < -0.3 is 4.90 Å². The summed E-state index contributed by atoms with van der Waals surface area (Å²) < 4.78 is 0. The number of nitrogens with one attached hydrogen (secondary N) is 1. The molecule has 1 heterocycles. The van der Waals surface area contributed by atoms with Crippen molar-refractivity contribution < 1.29 is 4.90 Å². The van der Waals surface area contributed by atoms with Crippen LogP contribution in [0.4, 0.5) is 0 Å². The molecule has 0 aliphatic carbocycles. The number of hydrogen-bond donors (Lipinski definition) is 1. The Hall–Kier alpha value is -2.08. The van der Waals surface area contributed by atoms with Gasteiger partial charge in [0, 0.05) is 14.1 Å². The molecule has 116 valence electrons. The lowest BCUT2D eigenvalue weighted by atomic mass is 10.3. The standard InChI is InChI=1S/C13H20N6.C2H6/c1-5-8-12(18(2)3)16-14-11-15-17-13-9-6-7-10-19(13)4;1-2/h5-11,13H,1-4H3;1-2H3/p+1/b8-5-,14-11+,16-12+,17-15?;. The molecule has 0 spiro atoms. The summed E-state index contributed by atoms with van der Waals surface area (Å²) in [5.41, 5.74) is 0. The van der Waals surface area contributed by atoms with E-state index in [1.165, 1.54) is 6.34 Å². The minimum Gasteiger partial charge on any atom is -0.361 e. The van der Waals surface area contributed by atoms with Crippen molar-refractivity contribution in [2.24, 2.45) is 20.4 Å².